The monoisotopic (exact) mass is 478 g/mol. The topological polar surface area (TPSA) is 74.7 Å². The van der Waals surface area contributed by atoms with Gasteiger partial charge in [0.15, 0.2) is 0 Å². The molecule has 34 heavy (non-hydrogen) atoms. The summed E-state index contributed by atoms with van der Waals surface area (Å²) in [6.07, 6.45) is 4.76. The third-order valence-electron chi connectivity index (χ3n) is 6.90. The molecular weight excluding hydrogens is 455 g/mol. The van der Waals surface area contributed by atoms with E-state index in [-0.39, 0.29) is 22.9 Å². The molecule has 174 valence electrons. The van der Waals surface area contributed by atoms with Crippen LogP contribution in [0, 0.1) is 11.2 Å². The minimum Gasteiger partial charge on any atom is -0.349 e. The largest absolute Gasteiger partial charge is 0.349 e. The van der Waals surface area contributed by atoms with Gasteiger partial charge in [0.2, 0.25) is 0 Å². The van der Waals surface area contributed by atoms with Gasteiger partial charge in [-0.15, -0.1) is 0 Å². The number of anilines is 1. The van der Waals surface area contributed by atoms with E-state index in [1.807, 2.05) is 31.2 Å². The molecule has 2 aliphatic rings. The van der Waals surface area contributed by atoms with Gasteiger partial charge in [0.05, 0.1) is 32.9 Å². The highest BCUT2D eigenvalue weighted by Crippen LogP contribution is 2.46. The summed E-state index contributed by atoms with van der Waals surface area (Å²) in [4.78, 5) is 31.0. The van der Waals surface area contributed by atoms with E-state index < -0.39 is 11.2 Å². The number of carbonyl (C=O) groups excluding carboxylic acids is 2. The lowest BCUT2D eigenvalue weighted by Crippen LogP contribution is -2.47. The molecule has 0 unspecified atom stereocenters. The summed E-state index contributed by atoms with van der Waals surface area (Å²) < 4.78 is 13.5. The Morgan fingerprint density at radius 1 is 1.21 bits per heavy atom. The third kappa shape index (κ3) is 3.74. The van der Waals surface area contributed by atoms with Crippen molar-refractivity contribution < 1.29 is 14.0 Å². The number of pyridine rings is 1. The number of rotatable bonds is 4. The summed E-state index contributed by atoms with van der Waals surface area (Å²) in [6.45, 7) is 1.98. The highest BCUT2D eigenvalue weighted by molar-refractivity contribution is 6.34. The predicted molar refractivity (Wildman–Crippen MR) is 131 cm³/mol. The smallest absolute Gasteiger partial charge is 0.259 e. The van der Waals surface area contributed by atoms with E-state index in [1.165, 1.54) is 23.2 Å². The quantitative estimate of drug-likeness (QED) is 0.538. The number of para-hydroxylation sites is 1. The molecule has 1 saturated carbocycles. The number of hydrogen-bond acceptors (Lipinski definition) is 4. The first kappa shape index (κ1) is 22.5. The second-order valence-corrected chi connectivity index (χ2v) is 9.23. The molecule has 1 spiro atoms. The molecular formula is C26H24ClFN4O2. The Hall–Kier alpha value is -3.32. The van der Waals surface area contributed by atoms with Gasteiger partial charge in [-0.25, -0.2) is 4.39 Å². The van der Waals surface area contributed by atoms with Gasteiger partial charge in [0.25, 0.3) is 11.8 Å². The van der Waals surface area contributed by atoms with Gasteiger partial charge >= 0.3 is 0 Å². The Morgan fingerprint density at radius 2 is 1.97 bits per heavy atom. The van der Waals surface area contributed by atoms with Crippen LogP contribution in [0.3, 0.4) is 0 Å². The summed E-state index contributed by atoms with van der Waals surface area (Å²) in [7, 11) is 0. The lowest BCUT2D eigenvalue weighted by Gasteiger charge is -2.36. The zero-order valence-electron chi connectivity index (χ0n) is 18.7. The van der Waals surface area contributed by atoms with Crippen molar-refractivity contribution in [1.82, 2.24) is 10.3 Å². The Kier molecular flexibility index (Phi) is 5.81. The number of fused-ring (bicyclic) bond motifs is 1. The predicted octanol–water partition coefficient (Wildman–Crippen LogP) is 5.50. The number of halogens is 2. The van der Waals surface area contributed by atoms with E-state index >= 15 is 0 Å². The van der Waals surface area contributed by atoms with Crippen LogP contribution in [0.5, 0.6) is 0 Å². The molecule has 1 aliphatic heterocycles. The van der Waals surface area contributed by atoms with E-state index in [0.717, 1.165) is 11.1 Å². The van der Waals surface area contributed by atoms with Crippen molar-refractivity contribution in [3.63, 3.8) is 0 Å². The summed E-state index contributed by atoms with van der Waals surface area (Å²) in [5.74, 6) is -0.763. The van der Waals surface area contributed by atoms with E-state index in [0.29, 0.717) is 48.9 Å². The fraction of sp³-hybridized carbons (Fsp3) is 0.308. The first-order valence-corrected chi connectivity index (χ1v) is 11.8. The number of hydrazone groups is 1. The summed E-state index contributed by atoms with van der Waals surface area (Å²) in [6, 6.07) is 13.2. The van der Waals surface area contributed by atoms with Crippen molar-refractivity contribution in [3.8, 4) is 0 Å². The summed E-state index contributed by atoms with van der Waals surface area (Å²) in [5, 5.41) is 10.1. The molecule has 0 radical (unpaired) electrons. The molecule has 1 aliphatic carbocycles. The normalized spacial score (nSPS) is 22.3. The van der Waals surface area contributed by atoms with Gasteiger partial charge in [-0.1, -0.05) is 36.7 Å². The van der Waals surface area contributed by atoms with E-state index in [2.05, 4.69) is 15.4 Å². The molecule has 3 aromatic rings. The Morgan fingerprint density at radius 3 is 2.71 bits per heavy atom. The van der Waals surface area contributed by atoms with Crippen molar-refractivity contribution in [2.45, 2.75) is 45.1 Å². The number of hydrogen-bond donors (Lipinski definition) is 1. The van der Waals surface area contributed by atoms with E-state index in [9.17, 15) is 14.0 Å². The second kappa shape index (κ2) is 8.80. The number of nitrogens with one attached hydrogen (secondary N) is 1. The van der Waals surface area contributed by atoms with Gasteiger partial charge < -0.3 is 5.32 Å². The van der Waals surface area contributed by atoms with Crippen LogP contribution in [0.25, 0.3) is 10.9 Å². The van der Waals surface area contributed by atoms with Gasteiger partial charge in [-0.05, 0) is 62.4 Å². The molecule has 8 heteroatoms. The fourth-order valence-corrected chi connectivity index (χ4v) is 5.37. The lowest BCUT2D eigenvalue weighted by atomic mass is 9.68. The minimum atomic E-state index is -0.714. The fourth-order valence-electron chi connectivity index (χ4n) is 5.12. The highest BCUT2D eigenvalue weighted by atomic mass is 35.5. The maximum atomic E-state index is 13.5. The SMILES string of the molecule is CCC1=NN(c2ccc(F)cc2Cl)C(=O)[C@]12CC[C@H](NC(=O)c1cccc3cccnc13)CC2. The van der Waals surface area contributed by atoms with Gasteiger partial charge in [-0.2, -0.15) is 10.1 Å². The van der Waals surface area contributed by atoms with Gasteiger partial charge in [-0.3, -0.25) is 14.6 Å². The number of carbonyl (C=O) groups is 2. The van der Waals surface area contributed by atoms with Crippen LogP contribution in [-0.2, 0) is 4.79 Å². The van der Waals surface area contributed by atoms with Crippen molar-refractivity contribution in [1.29, 1.82) is 0 Å². The molecule has 2 aromatic carbocycles. The Balaban J connectivity index is 1.32. The third-order valence-corrected chi connectivity index (χ3v) is 7.20. The highest BCUT2D eigenvalue weighted by Gasteiger charge is 2.52. The zero-order valence-corrected chi connectivity index (χ0v) is 19.5. The van der Waals surface area contributed by atoms with Gasteiger partial charge in [0, 0.05) is 17.6 Å². The molecule has 0 atom stereocenters. The number of amides is 2. The first-order chi connectivity index (χ1) is 16.4. The first-order valence-electron chi connectivity index (χ1n) is 11.4. The van der Waals surface area contributed by atoms with Crippen LogP contribution >= 0.6 is 11.6 Å². The summed E-state index contributed by atoms with van der Waals surface area (Å²) >= 11 is 6.22. The van der Waals surface area contributed by atoms with Gasteiger partial charge in [0.1, 0.15) is 5.82 Å². The molecule has 2 amide bonds. The summed E-state index contributed by atoms with van der Waals surface area (Å²) in [5.41, 5.74) is 1.70. The lowest BCUT2D eigenvalue weighted by molar-refractivity contribution is -0.125. The maximum absolute atomic E-state index is 13.5. The van der Waals surface area contributed by atoms with Crippen molar-refractivity contribution >= 4 is 45.7 Å². The molecule has 1 aromatic heterocycles. The van der Waals surface area contributed by atoms with E-state index in [1.54, 1.807) is 12.3 Å². The van der Waals surface area contributed by atoms with Crippen LogP contribution in [-0.4, -0.2) is 28.6 Å². The minimum absolute atomic E-state index is 0.0496. The van der Waals surface area contributed by atoms with Crippen LogP contribution in [0.15, 0.2) is 59.8 Å². The average Bonchev–Trinajstić information content (AvgIpc) is 3.11. The number of aromatic nitrogens is 1. The van der Waals surface area contributed by atoms with Crippen LogP contribution in [0.4, 0.5) is 10.1 Å². The van der Waals surface area contributed by atoms with Crippen LogP contribution < -0.4 is 10.3 Å². The molecule has 5 rings (SSSR count). The maximum Gasteiger partial charge on any atom is 0.259 e. The Bertz CT molecular complexity index is 1310. The molecule has 0 saturated heterocycles. The number of benzene rings is 2. The molecule has 1 N–H and O–H groups in total. The second-order valence-electron chi connectivity index (χ2n) is 8.82. The van der Waals surface area contributed by atoms with Crippen molar-refractivity contribution in [3.05, 3.63) is 71.1 Å². The van der Waals surface area contributed by atoms with Crippen LogP contribution in [0.2, 0.25) is 5.02 Å². The van der Waals surface area contributed by atoms with Crippen molar-refractivity contribution in [2.75, 3.05) is 5.01 Å². The Labute approximate surface area is 201 Å². The molecule has 6 nitrogen and oxygen atoms in total. The zero-order chi connectivity index (χ0) is 23.9. The number of nitrogens with zero attached hydrogens (tertiary/aromatic N) is 3. The molecule has 1 fully saturated rings. The van der Waals surface area contributed by atoms with Crippen molar-refractivity contribution in [2.24, 2.45) is 10.5 Å². The van der Waals surface area contributed by atoms with Crippen LogP contribution in [0.1, 0.15) is 49.4 Å². The van der Waals surface area contributed by atoms with E-state index in [4.69, 9.17) is 11.6 Å². The molecule has 2 heterocycles. The standard InChI is InChI=1S/C26H24ClFN4O2/c1-2-22-26(25(34)32(31-22)21-9-8-17(28)15-20(21)27)12-10-18(11-13-26)30-24(33)19-7-3-5-16-6-4-14-29-23(16)19/h3-9,14-15,18H,2,10-13H2,1H3,(H,30,33)/t18-,26-. The molecule has 0 bridgehead atoms. The average molecular weight is 479 g/mol.